The van der Waals surface area contributed by atoms with Gasteiger partial charge in [0.2, 0.25) is 0 Å². The molecule has 24 heavy (non-hydrogen) atoms. The summed E-state index contributed by atoms with van der Waals surface area (Å²) in [6.07, 6.45) is 0.757. The van der Waals surface area contributed by atoms with E-state index in [-0.39, 0.29) is 11.9 Å². The van der Waals surface area contributed by atoms with Gasteiger partial charge in [-0.2, -0.15) is 0 Å². The summed E-state index contributed by atoms with van der Waals surface area (Å²) in [5.41, 5.74) is 2.27. The number of benzene rings is 2. The van der Waals surface area contributed by atoms with Gasteiger partial charge in [-0.05, 0) is 55.4 Å². The van der Waals surface area contributed by atoms with E-state index in [1.807, 2.05) is 12.1 Å². The average Bonchev–Trinajstić information content (AvgIpc) is 2.74. The maximum Gasteiger partial charge on any atom is 0.161 e. The van der Waals surface area contributed by atoms with Gasteiger partial charge in [0.15, 0.2) is 11.5 Å². The zero-order chi connectivity index (χ0) is 17.1. The molecule has 0 aromatic heterocycles. The number of ether oxygens (including phenoxy) is 3. The third-order valence-corrected chi connectivity index (χ3v) is 4.32. The summed E-state index contributed by atoms with van der Waals surface area (Å²) >= 11 is 0. The quantitative estimate of drug-likeness (QED) is 0.859. The van der Waals surface area contributed by atoms with Crippen molar-refractivity contribution in [2.24, 2.45) is 0 Å². The first-order valence-electron chi connectivity index (χ1n) is 7.96. The van der Waals surface area contributed by atoms with Crippen LogP contribution in [0.25, 0.3) is 0 Å². The van der Waals surface area contributed by atoms with Gasteiger partial charge >= 0.3 is 0 Å². The molecule has 1 unspecified atom stereocenters. The van der Waals surface area contributed by atoms with Gasteiger partial charge < -0.3 is 19.1 Å². The monoisotopic (exact) mass is 331 g/mol. The molecular formula is C19H22FNO3. The summed E-state index contributed by atoms with van der Waals surface area (Å²) in [6, 6.07) is 10.1. The summed E-state index contributed by atoms with van der Waals surface area (Å²) in [5, 5.41) is 0. The van der Waals surface area contributed by atoms with Crippen molar-refractivity contribution in [3.63, 3.8) is 0 Å². The van der Waals surface area contributed by atoms with Gasteiger partial charge in [-0.3, -0.25) is 0 Å². The third kappa shape index (κ3) is 3.46. The average molecular weight is 331 g/mol. The number of nitrogens with zero attached hydrogens (tertiary/aromatic N) is 1. The minimum Gasteiger partial charge on any atom is -0.493 e. The van der Waals surface area contributed by atoms with Gasteiger partial charge in [0.25, 0.3) is 0 Å². The Morgan fingerprint density at radius 3 is 2.38 bits per heavy atom. The van der Waals surface area contributed by atoms with E-state index in [0.717, 1.165) is 30.8 Å². The molecule has 0 amide bonds. The number of rotatable bonds is 4. The molecule has 0 spiro atoms. The second kappa shape index (κ2) is 7.09. The Hall–Kier alpha value is -2.27. The minimum absolute atomic E-state index is 0.155. The van der Waals surface area contributed by atoms with E-state index in [1.165, 1.54) is 17.7 Å². The molecule has 0 aliphatic carbocycles. The van der Waals surface area contributed by atoms with Gasteiger partial charge in [0.05, 0.1) is 14.2 Å². The van der Waals surface area contributed by atoms with Crippen LogP contribution in [0.2, 0.25) is 0 Å². The Morgan fingerprint density at radius 1 is 1.04 bits per heavy atom. The number of methoxy groups -OCH3 is 2. The molecule has 3 rings (SSSR count). The highest BCUT2D eigenvalue weighted by atomic mass is 19.1. The van der Waals surface area contributed by atoms with Crippen LogP contribution in [0.4, 0.5) is 4.39 Å². The molecule has 0 saturated heterocycles. The fraction of sp³-hybridized carbons (Fsp3) is 0.368. The predicted octanol–water partition coefficient (Wildman–Crippen LogP) is 3.45. The van der Waals surface area contributed by atoms with Crippen molar-refractivity contribution in [2.45, 2.75) is 12.5 Å². The molecule has 1 aliphatic rings. The van der Waals surface area contributed by atoms with Gasteiger partial charge in [0, 0.05) is 18.7 Å². The van der Waals surface area contributed by atoms with Crippen LogP contribution in [0.1, 0.15) is 17.2 Å². The van der Waals surface area contributed by atoms with Crippen LogP contribution in [-0.2, 0) is 6.42 Å². The second-order valence-electron chi connectivity index (χ2n) is 5.98. The molecular weight excluding hydrogens is 309 g/mol. The van der Waals surface area contributed by atoms with Crippen molar-refractivity contribution in [2.75, 3.05) is 34.4 Å². The maximum absolute atomic E-state index is 13.1. The molecule has 1 atom stereocenters. The first-order chi connectivity index (χ1) is 11.6. The van der Waals surface area contributed by atoms with Crippen molar-refractivity contribution in [1.82, 2.24) is 4.90 Å². The lowest BCUT2D eigenvalue weighted by atomic mass is 10.00. The van der Waals surface area contributed by atoms with Crippen LogP contribution in [0.15, 0.2) is 36.4 Å². The van der Waals surface area contributed by atoms with Crippen molar-refractivity contribution >= 4 is 0 Å². The smallest absolute Gasteiger partial charge is 0.161 e. The van der Waals surface area contributed by atoms with Crippen molar-refractivity contribution in [3.8, 4) is 17.2 Å². The molecule has 0 N–H and O–H groups in total. The highest BCUT2D eigenvalue weighted by Gasteiger charge is 2.25. The first kappa shape index (κ1) is 16.6. The number of hydrogen-bond acceptors (Lipinski definition) is 4. The molecule has 2 aromatic carbocycles. The van der Waals surface area contributed by atoms with E-state index >= 15 is 0 Å². The summed E-state index contributed by atoms with van der Waals surface area (Å²) in [6.45, 7) is 1.69. The van der Waals surface area contributed by atoms with E-state index in [9.17, 15) is 4.39 Å². The second-order valence-corrected chi connectivity index (χ2v) is 5.98. The molecule has 0 saturated carbocycles. The van der Waals surface area contributed by atoms with Crippen molar-refractivity contribution in [3.05, 3.63) is 53.3 Å². The molecule has 0 radical (unpaired) electrons. The summed E-state index contributed by atoms with van der Waals surface area (Å²) in [4.78, 5) is 2.23. The van der Waals surface area contributed by atoms with Crippen LogP contribution in [0.5, 0.6) is 17.2 Å². The lowest BCUT2D eigenvalue weighted by Crippen LogP contribution is -2.26. The zero-order valence-electron chi connectivity index (χ0n) is 14.2. The Morgan fingerprint density at radius 2 is 1.71 bits per heavy atom. The topological polar surface area (TPSA) is 30.9 Å². The summed E-state index contributed by atoms with van der Waals surface area (Å²) < 4.78 is 30.1. The number of halogens is 1. The van der Waals surface area contributed by atoms with Crippen LogP contribution >= 0.6 is 0 Å². The van der Waals surface area contributed by atoms with Gasteiger partial charge in [-0.1, -0.05) is 0 Å². The minimum atomic E-state index is -0.271. The van der Waals surface area contributed by atoms with Crippen molar-refractivity contribution < 1.29 is 18.6 Å². The fourth-order valence-electron chi connectivity index (χ4n) is 3.02. The largest absolute Gasteiger partial charge is 0.493 e. The Labute approximate surface area is 141 Å². The van der Waals surface area contributed by atoms with E-state index in [4.69, 9.17) is 14.2 Å². The van der Waals surface area contributed by atoms with Crippen LogP contribution < -0.4 is 14.2 Å². The van der Waals surface area contributed by atoms with Gasteiger partial charge in [-0.25, -0.2) is 4.39 Å². The van der Waals surface area contributed by atoms with Gasteiger partial charge in [-0.15, -0.1) is 0 Å². The number of likely N-dealkylation sites (N-methyl/N-ethyl adjacent to an activating group) is 1. The van der Waals surface area contributed by atoms with Crippen LogP contribution in [0.3, 0.4) is 0 Å². The molecule has 5 heteroatoms. The number of hydrogen-bond donors (Lipinski definition) is 0. The molecule has 128 valence electrons. The molecule has 1 heterocycles. The highest BCUT2D eigenvalue weighted by molar-refractivity contribution is 5.49. The first-order valence-corrected chi connectivity index (χ1v) is 7.96. The molecule has 1 aliphatic heterocycles. The summed E-state index contributed by atoms with van der Waals surface area (Å²) in [7, 11) is 5.34. The third-order valence-electron chi connectivity index (χ3n) is 4.32. The lowest BCUT2D eigenvalue weighted by Gasteiger charge is -2.23. The SMILES string of the molecule is COc1cc2c(cc1OC)C(Oc1ccc(F)cc1)CN(C)CC2. The van der Waals surface area contributed by atoms with Gasteiger partial charge in [0.1, 0.15) is 17.7 Å². The van der Waals surface area contributed by atoms with Crippen LogP contribution in [0, 0.1) is 5.82 Å². The lowest BCUT2D eigenvalue weighted by molar-refractivity contribution is 0.156. The molecule has 0 bridgehead atoms. The highest BCUT2D eigenvalue weighted by Crippen LogP contribution is 2.36. The molecule has 4 nitrogen and oxygen atoms in total. The zero-order valence-corrected chi connectivity index (χ0v) is 14.2. The predicted molar refractivity (Wildman–Crippen MR) is 90.5 cm³/mol. The Balaban J connectivity index is 1.98. The maximum atomic E-state index is 13.1. The van der Waals surface area contributed by atoms with Crippen molar-refractivity contribution in [1.29, 1.82) is 0 Å². The summed E-state index contributed by atoms with van der Waals surface area (Å²) in [5.74, 6) is 1.79. The van der Waals surface area contributed by atoms with E-state index < -0.39 is 0 Å². The van der Waals surface area contributed by atoms with E-state index in [2.05, 4.69) is 11.9 Å². The standard InChI is InChI=1S/C19H22FNO3/c1-21-9-8-13-10-17(22-2)18(23-3)11-16(13)19(12-21)24-15-6-4-14(20)5-7-15/h4-7,10-11,19H,8-9,12H2,1-3H3. The Bertz CT molecular complexity index is 703. The van der Waals surface area contributed by atoms with E-state index in [1.54, 1.807) is 26.4 Å². The molecule has 0 fully saturated rings. The van der Waals surface area contributed by atoms with E-state index in [0.29, 0.717) is 11.5 Å². The molecule has 2 aromatic rings. The normalized spacial score (nSPS) is 17.8. The van der Waals surface area contributed by atoms with Crippen LogP contribution in [-0.4, -0.2) is 39.3 Å². The fourth-order valence-corrected chi connectivity index (χ4v) is 3.02. The Kier molecular flexibility index (Phi) is 4.90. The number of fused-ring (bicyclic) bond motifs is 1.